The molecule has 6 nitrogen and oxygen atoms in total. The summed E-state index contributed by atoms with van der Waals surface area (Å²) in [5, 5.41) is 18.0. The van der Waals surface area contributed by atoms with Crippen LogP contribution in [0.2, 0.25) is 0 Å². The highest BCUT2D eigenvalue weighted by Gasteiger charge is 2.12. The summed E-state index contributed by atoms with van der Waals surface area (Å²) in [6.07, 6.45) is -1.00. The van der Waals surface area contributed by atoms with Gasteiger partial charge in [-0.2, -0.15) is 0 Å². The largest absolute Gasteiger partial charge is 0.420 e. The van der Waals surface area contributed by atoms with E-state index < -0.39 is 18.5 Å². The monoisotopic (exact) mass is 224 g/mol. The predicted octanol–water partition coefficient (Wildman–Crippen LogP) is -0.470. The first-order valence-electron chi connectivity index (χ1n) is 4.79. The standard InChI is InChI=1S/C10H12N2O4/c11-6-1-2-9-8(3-6)12(10(15)16-9)4-7(14)5-13/h1-3,7,13-14H,4-5,11H2. The van der Waals surface area contributed by atoms with E-state index in [0.717, 1.165) is 0 Å². The lowest BCUT2D eigenvalue weighted by molar-refractivity contribution is 0.0804. The summed E-state index contributed by atoms with van der Waals surface area (Å²) in [4.78, 5) is 11.5. The summed E-state index contributed by atoms with van der Waals surface area (Å²) in [7, 11) is 0. The Kier molecular flexibility index (Phi) is 2.67. The van der Waals surface area contributed by atoms with Crippen LogP contribution in [0.3, 0.4) is 0 Å². The van der Waals surface area contributed by atoms with Crippen molar-refractivity contribution in [2.24, 2.45) is 0 Å². The Morgan fingerprint density at radius 3 is 2.94 bits per heavy atom. The van der Waals surface area contributed by atoms with E-state index >= 15 is 0 Å². The van der Waals surface area contributed by atoms with Crippen molar-refractivity contribution in [3.63, 3.8) is 0 Å². The Balaban J connectivity index is 2.54. The van der Waals surface area contributed by atoms with Crippen LogP contribution in [0.4, 0.5) is 5.69 Å². The SMILES string of the molecule is Nc1ccc2oc(=O)n(CC(O)CO)c2c1. The van der Waals surface area contributed by atoms with Gasteiger partial charge in [0.05, 0.1) is 24.8 Å². The molecule has 0 radical (unpaired) electrons. The Morgan fingerprint density at radius 2 is 2.25 bits per heavy atom. The van der Waals surface area contributed by atoms with Crippen LogP contribution in [0, 0.1) is 0 Å². The van der Waals surface area contributed by atoms with Crippen molar-refractivity contribution in [3.8, 4) is 0 Å². The van der Waals surface area contributed by atoms with Gasteiger partial charge in [0.2, 0.25) is 0 Å². The van der Waals surface area contributed by atoms with E-state index in [0.29, 0.717) is 16.8 Å². The molecular formula is C10H12N2O4. The molecule has 86 valence electrons. The molecule has 0 bridgehead atoms. The fourth-order valence-electron chi connectivity index (χ4n) is 1.52. The third kappa shape index (κ3) is 1.80. The molecule has 16 heavy (non-hydrogen) atoms. The van der Waals surface area contributed by atoms with Gasteiger partial charge in [-0.15, -0.1) is 0 Å². The summed E-state index contributed by atoms with van der Waals surface area (Å²) in [6, 6.07) is 4.80. The fourth-order valence-corrected chi connectivity index (χ4v) is 1.52. The van der Waals surface area contributed by atoms with Gasteiger partial charge in [0.25, 0.3) is 0 Å². The lowest BCUT2D eigenvalue weighted by Crippen LogP contribution is -2.25. The number of anilines is 1. The summed E-state index contributed by atoms with van der Waals surface area (Å²) in [5.41, 5.74) is 7.02. The number of oxazole rings is 1. The molecule has 6 heteroatoms. The first kappa shape index (κ1) is 10.7. The minimum absolute atomic E-state index is 0.0220. The van der Waals surface area contributed by atoms with E-state index in [1.54, 1.807) is 18.2 Å². The van der Waals surface area contributed by atoms with Gasteiger partial charge in [0, 0.05) is 5.69 Å². The Morgan fingerprint density at radius 1 is 1.50 bits per heavy atom. The molecule has 2 aromatic rings. The van der Waals surface area contributed by atoms with Gasteiger partial charge >= 0.3 is 5.76 Å². The maximum Gasteiger partial charge on any atom is 0.420 e. The van der Waals surface area contributed by atoms with E-state index in [2.05, 4.69) is 0 Å². The van der Waals surface area contributed by atoms with Gasteiger partial charge < -0.3 is 20.4 Å². The summed E-state index contributed by atoms with van der Waals surface area (Å²) >= 11 is 0. The van der Waals surface area contributed by atoms with Crippen LogP contribution in [0.1, 0.15) is 0 Å². The molecule has 0 saturated carbocycles. The number of aliphatic hydroxyl groups excluding tert-OH is 2. The number of hydrogen-bond acceptors (Lipinski definition) is 5. The number of aliphatic hydroxyl groups is 2. The third-order valence-corrected chi connectivity index (χ3v) is 2.30. The fraction of sp³-hybridized carbons (Fsp3) is 0.300. The van der Waals surface area contributed by atoms with Crippen molar-refractivity contribution in [1.29, 1.82) is 0 Å². The van der Waals surface area contributed by atoms with Crippen LogP contribution in [0.25, 0.3) is 11.1 Å². The molecule has 0 aliphatic heterocycles. The molecule has 1 heterocycles. The number of fused-ring (bicyclic) bond motifs is 1. The molecule has 0 fully saturated rings. The number of nitrogens with two attached hydrogens (primary N) is 1. The minimum Gasteiger partial charge on any atom is -0.408 e. The lowest BCUT2D eigenvalue weighted by atomic mass is 10.3. The van der Waals surface area contributed by atoms with Crippen molar-refractivity contribution in [2.75, 3.05) is 12.3 Å². The predicted molar refractivity (Wildman–Crippen MR) is 58.0 cm³/mol. The van der Waals surface area contributed by atoms with Crippen molar-refractivity contribution in [2.45, 2.75) is 12.6 Å². The second-order valence-electron chi connectivity index (χ2n) is 3.54. The number of aromatic nitrogens is 1. The highest BCUT2D eigenvalue weighted by molar-refractivity contribution is 5.76. The lowest BCUT2D eigenvalue weighted by Gasteiger charge is -2.07. The number of benzene rings is 1. The molecule has 1 aromatic carbocycles. The first-order chi connectivity index (χ1) is 7.61. The molecule has 1 atom stereocenters. The van der Waals surface area contributed by atoms with Crippen LogP contribution < -0.4 is 11.5 Å². The summed E-state index contributed by atoms with van der Waals surface area (Å²) in [5.74, 6) is -0.576. The van der Waals surface area contributed by atoms with Gasteiger partial charge in [-0.1, -0.05) is 0 Å². The molecule has 1 aromatic heterocycles. The number of nitrogen functional groups attached to an aromatic ring is 1. The highest BCUT2D eigenvalue weighted by Crippen LogP contribution is 2.16. The Bertz CT molecular complexity index is 557. The first-order valence-corrected chi connectivity index (χ1v) is 4.79. The minimum atomic E-state index is -1.00. The number of rotatable bonds is 3. The van der Waals surface area contributed by atoms with Crippen molar-refractivity contribution in [3.05, 3.63) is 28.7 Å². The molecule has 0 amide bonds. The average molecular weight is 224 g/mol. The highest BCUT2D eigenvalue weighted by atomic mass is 16.4. The van der Waals surface area contributed by atoms with Crippen LogP contribution in [0.5, 0.6) is 0 Å². The van der Waals surface area contributed by atoms with Gasteiger partial charge in [0.15, 0.2) is 5.58 Å². The van der Waals surface area contributed by atoms with E-state index in [1.165, 1.54) is 4.57 Å². The molecule has 0 spiro atoms. The van der Waals surface area contributed by atoms with Gasteiger partial charge in [-0.05, 0) is 18.2 Å². The Labute approximate surface area is 90.5 Å². The molecule has 2 rings (SSSR count). The van der Waals surface area contributed by atoms with Gasteiger partial charge in [-0.25, -0.2) is 4.79 Å². The average Bonchev–Trinajstić information content (AvgIpc) is 2.55. The van der Waals surface area contributed by atoms with Crippen LogP contribution in [0.15, 0.2) is 27.4 Å². The quantitative estimate of drug-likeness (QED) is 0.612. The van der Waals surface area contributed by atoms with Crippen molar-refractivity contribution in [1.82, 2.24) is 4.57 Å². The van der Waals surface area contributed by atoms with E-state index in [9.17, 15) is 9.90 Å². The van der Waals surface area contributed by atoms with Crippen LogP contribution in [-0.2, 0) is 6.54 Å². The zero-order valence-corrected chi connectivity index (χ0v) is 8.46. The molecule has 0 aliphatic rings. The Hall–Kier alpha value is -1.79. The molecular weight excluding hydrogens is 212 g/mol. The molecule has 1 unspecified atom stereocenters. The second-order valence-corrected chi connectivity index (χ2v) is 3.54. The normalized spacial score (nSPS) is 13.1. The van der Waals surface area contributed by atoms with Crippen molar-refractivity contribution < 1.29 is 14.6 Å². The van der Waals surface area contributed by atoms with E-state index in [1.807, 2.05) is 0 Å². The smallest absolute Gasteiger partial charge is 0.408 e. The second kappa shape index (κ2) is 3.99. The molecule has 0 saturated heterocycles. The summed E-state index contributed by atoms with van der Waals surface area (Å²) in [6.45, 7) is -0.437. The zero-order valence-electron chi connectivity index (χ0n) is 8.46. The number of nitrogens with zero attached hydrogens (tertiary/aromatic N) is 1. The van der Waals surface area contributed by atoms with Crippen molar-refractivity contribution >= 4 is 16.8 Å². The maximum atomic E-state index is 11.5. The maximum absolute atomic E-state index is 11.5. The third-order valence-electron chi connectivity index (χ3n) is 2.30. The molecule has 4 N–H and O–H groups in total. The zero-order chi connectivity index (χ0) is 11.7. The van der Waals surface area contributed by atoms with Crippen LogP contribution >= 0.6 is 0 Å². The van der Waals surface area contributed by atoms with E-state index in [-0.39, 0.29) is 6.54 Å². The van der Waals surface area contributed by atoms with Crippen LogP contribution in [-0.4, -0.2) is 27.5 Å². The van der Waals surface area contributed by atoms with Gasteiger partial charge in [-0.3, -0.25) is 4.57 Å². The summed E-state index contributed by atoms with van der Waals surface area (Å²) < 4.78 is 6.20. The molecule has 0 aliphatic carbocycles. The number of hydrogen-bond donors (Lipinski definition) is 3. The topological polar surface area (TPSA) is 102 Å². The van der Waals surface area contributed by atoms with E-state index in [4.69, 9.17) is 15.3 Å². The van der Waals surface area contributed by atoms with Gasteiger partial charge in [0.1, 0.15) is 0 Å².